The molecule has 9 nitrogen and oxygen atoms in total. The number of aliphatic carboxylic acids is 1. The maximum atomic E-state index is 12.4. The largest absolute Gasteiger partial charge is 0.477 e. The minimum atomic E-state index is -1.16. The summed E-state index contributed by atoms with van der Waals surface area (Å²) in [5.74, 6) is -2.39. The van der Waals surface area contributed by atoms with Crippen LogP contribution in [0.3, 0.4) is 0 Å². The molecule has 2 amide bonds. The number of thioether (sulfide) groups is 1. The summed E-state index contributed by atoms with van der Waals surface area (Å²) < 4.78 is 7.05. The van der Waals surface area contributed by atoms with Crippen LogP contribution >= 0.6 is 27.7 Å². The molecule has 146 valence electrons. The van der Waals surface area contributed by atoms with Gasteiger partial charge in [-0.25, -0.2) is 9.59 Å². The highest BCUT2D eigenvalue weighted by molar-refractivity contribution is 9.10. The Morgan fingerprint density at radius 3 is 2.86 bits per heavy atom. The summed E-state index contributed by atoms with van der Waals surface area (Å²) in [5.41, 5.74) is 1.38. The van der Waals surface area contributed by atoms with E-state index in [1.807, 2.05) is 0 Å². The number of carbonyl (C=O) groups is 3. The number of oxazole rings is 1. The van der Waals surface area contributed by atoms with Crippen LogP contribution in [0.1, 0.15) is 6.92 Å². The van der Waals surface area contributed by atoms with Gasteiger partial charge in [0.2, 0.25) is 5.91 Å². The summed E-state index contributed by atoms with van der Waals surface area (Å²) in [6, 6.07) is 4.17. The van der Waals surface area contributed by atoms with Crippen LogP contribution in [0.4, 0.5) is 0 Å². The predicted molar refractivity (Wildman–Crippen MR) is 104 cm³/mol. The molecule has 0 bridgehead atoms. The average Bonchev–Trinajstić information content (AvgIpc) is 2.93. The third kappa shape index (κ3) is 2.94. The first-order valence-electron chi connectivity index (χ1n) is 8.24. The number of benzene rings is 1. The highest BCUT2D eigenvalue weighted by Gasteiger charge is 2.53. The van der Waals surface area contributed by atoms with Crippen LogP contribution in [0.25, 0.3) is 11.1 Å². The average molecular weight is 468 g/mol. The summed E-state index contributed by atoms with van der Waals surface area (Å²) in [6.45, 7) is 1.36. The minimum absolute atomic E-state index is 0.0260. The Balaban J connectivity index is 1.50. The second kappa shape index (κ2) is 6.82. The van der Waals surface area contributed by atoms with Gasteiger partial charge in [-0.15, -0.1) is 11.8 Å². The number of amides is 2. The van der Waals surface area contributed by atoms with Gasteiger partial charge in [-0.3, -0.25) is 19.1 Å². The molecule has 11 heteroatoms. The van der Waals surface area contributed by atoms with E-state index in [4.69, 9.17) is 4.42 Å². The smallest absolute Gasteiger partial charge is 0.420 e. The number of carboxylic acid groups (broad SMARTS) is 1. The van der Waals surface area contributed by atoms with E-state index in [2.05, 4.69) is 21.2 Å². The number of aromatic nitrogens is 1. The first-order valence-corrected chi connectivity index (χ1v) is 10.1. The van der Waals surface area contributed by atoms with Crippen molar-refractivity contribution < 1.29 is 23.9 Å². The number of β-lactam (4-membered cyclic amide) rings is 1. The SMILES string of the molecule is CC1=C(C(=O)O)N2C(=O)C(NC(=O)Cn3c(=O)oc4cc(Br)ccc43)[C@H]2SC1. The third-order valence-corrected chi connectivity index (χ3v) is 6.53. The summed E-state index contributed by atoms with van der Waals surface area (Å²) in [6.07, 6.45) is 0. The van der Waals surface area contributed by atoms with Crippen molar-refractivity contribution in [3.63, 3.8) is 0 Å². The van der Waals surface area contributed by atoms with Crippen LogP contribution in [0, 0.1) is 0 Å². The van der Waals surface area contributed by atoms with Gasteiger partial charge in [-0.2, -0.15) is 0 Å². The van der Waals surface area contributed by atoms with E-state index >= 15 is 0 Å². The molecule has 2 aliphatic rings. The van der Waals surface area contributed by atoms with E-state index in [-0.39, 0.29) is 12.2 Å². The fourth-order valence-corrected chi connectivity index (χ4v) is 4.96. The maximum Gasteiger partial charge on any atom is 0.420 e. The summed E-state index contributed by atoms with van der Waals surface area (Å²) in [7, 11) is 0. The van der Waals surface area contributed by atoms with Crippen LogP contribution in [0.5, 0.6) is 0 Å². The molecule has 3 heterocycles. The second-order valence-electron chi connectivity index (χ2n) is 6.46. The number of rotatable bonds is 4. The highest BCUT2D eigenvalue weighted by Crippen LogP contribution is 2.40. The van der Waals surface area contributed by atoms with Crippen LogP contribution in [0.2, 0.25) is 0 Å². The van der Waals surface area contributed by atoms with E-state index in [9.17, 15) is 24.3 Å². The lowest BCUT2D eigenvalue weighted by Crippen LogP contribution is -2.70. The van der Waals surface area contributed by atoms with Crippen molar-refractivity contribution in [3.05, 3.63) is 44.5 Å². The molecule has 2 atom stereocenters. The van der Waals surface area contributed by atoms with Gasteiger partial charge < -0.3 is 14.8 Å². The molecule has 1 aromatic carbocycles. The number of carbonyl (C=O) groups excluding carboxylic acids is 2. The van der Waals surface area contributed by atoms with Crippen molar-refractivity contribution >= 4 is 56.6 Å². The zero-order valence-electron chi connectivity index (χ0n) is 14.5. The van der Waals surface area contributed by atoms with Gasteiger partial charge in [-0.05, 0) is 30.7 Å². The lowest BCUT2D eigenvalue weighted by molar-refractivity contribution is -0.150. The van der Waals surface area contributed by atoms with E-state index in [1.165, 1.54) is 21.2 Å². The molecular weight excluding hydrogens is 454 g/mol. The molecule has 1 saturated heterocycles. The van der Waals surface area contributed by atoms with Gasteiger partial charge in [-0.1, -0.05) is 15.9 Å². The Morgan fingerprint density at radius 1 is 1.39 bits per heavy atom. The molecule has 1 aromatic heterocycles. The third-order valence-electron chi connectivity index (χ3n) is 4.61. The maximum absolute atomic E-state index is 12.4. The summed E-state index contributed by atoms with van der Waals surface area (Å²) >= 11 is 4.67. The van der Waals surface area contributed by atoms with Crippen molar-refractivity contribution in [2.24, 2.45) is 0 Å². The standard InChI is InChI=1S/C17H14BrN3O6S/c1-7-6-28-15-12(14(23)21(15)13(7)16(24)25)19-11(22)5-20-9-3-2-8(18)4-10(9)27-17(20)26/h2-4,12,15H,5-6H2,1H3,(H,19,22)(H,24,25)/t12?,15-/m1/s1. The van der Waals surface area contributed by atoms with E-state index in [0.29, 0.717) is 22.4 Å². The van der Waals surface area contributed by atoms with Crippen molar-refractivity contribution in [2.45, 2.75) is 24.9 Å². The number of carboxylic acids is 1. The fraction of sp³-hybridized carbons (Fsp3) is 0.294. The molecule has 0 radical (unpaired) electrons. The van der Waals surface area contributed by atoms with Crippen molar-refractivity contribution in [1.29, 1.82) is 0 Å². The first kappa shape index (κ1) is 18.8. The second-order valence-corrected chi connectivity index (χ2v) is 8.48. The molecule has 1 fully saturated rings. The molecule has 28 heavy (non-hydrogen) atoms. The molecule has 2 N–H and O–H groups in total. The molecule has 0 spiro atoms. The quantitative estimate of drug-likeness (QED) is 0.645. The molecule has 0 saturated carbocycles. The van der Waals surface area contributed by atoms with Crippen LogP contribution < -0.4 is 11.1 Å². The first-order chi connectivity index (χ1) is 13.3. The number of nitrogens with one attached hydrogen (secondary N) is 1. The monoisotopic (exact) mass is 467 g/mol. The van der Waals surface area contributed by atoms with Crippen molar-refractivity contribution in [3.8, 4) is 0 Å². The number of nitrogens with zero attached hydrogens (tertiary/aromatic N) is 2. The van der Waals surface area contributed by atoms with Gasteiger partial charge in [0, 0.05) is 10.2 Å². The van der Waals surface area contributed by atoms with Gasteiger partial charge >= 0.3 is 11.7 Å². The number of hydrogen-bond donors (Lipinski definition) is 2. The van der Waals surface area contributed by atoms with Crippen molar-refractivity contribution in [1.82, 2.24) is 14.8 Å². The number of hydrogen-bond acceptors (Lipinski definition) is 6. The van der Waals surface area contributed by atoms with Crippen LogP contribution in [0.15, 0.2) is 43.2 Å². The molecule has 4 rings (SSSR count). The molecular formula is C17H14BrN3O6S. The molecule has 2 aromatic rings. The number of fused-ring (bicyclic) bond motifs is 2. The predicted octanol–water partition coefficient (Wildman–Crippen LogP) is 1.12. The number of halogens is 1. The topological polar surface area (TPSA) is 122 Å². The normalized spacial score (nSPS) is 21.5. The Kier molecular flexibility index (Phi) is 4.58. The van der Waals surface area contributed by atoms with E-state index in [0.717, 1.165) is 4.47 Å². The fourth-order valence-electron chi connectivity index (χ4n) is 3.33. The lowest BCUT2D eigenvalue weighted by atomic mass is 10.0. The Labute approximate surface area is 170 Å². The van der Waals surface area contributed by atoms with E-state index in [1.54, 1.807) is 25.1 Å². The Hall–Kier alpha value is -2.53. The van der Waals surface area contributed by atoms with Crippen LogP contribution in [-0.2, 0) is 20.9 Å². The Morgan fingerprint density at radius 2 is 2.14 bits per heavy atom. The van der Waals surface area contributed by atoms with E-state index < -0.39 is 35.0 Å². The van der Waals surface area contributed by atoms with Gasteiger partial charge in [0.15, 0.2) is 5.58 Å². The van der Waals surface area contributed by atoms with Gasteiger partial charge in [0.1, 0.15) is 23.7 Å². The lowest BCUT2D eigenvalue weighted by Gasteiger charge is -2.49. The highest BCUT2D eigenvalue weighted by atomic mass is 79.9. The van der Waals surface area contributed by atoms with Crippen LogP contribution in [-0.4, -0.2) is 49.5 Å². The molecule has 1 unspecified atom stereocenters. The van der Waals surface area contributed by atoms with Gasteiger partial charge in [0.05, 0.1) is 5.52 Å². The summed E-state index contributed by atoms with van der Waals surface area (Å²) in [4.78, 5) is 49.5. The van der Waals surface area contributed by atoms with Crippen molar-refractivity contribution in [2.75, 3.05) is 5.75 Å². The Bertz CT molecular complexity index is 1120. The zero-order chi connectivity index (χ0) is 20.2. The zero-order valence-corrected chi connectivity index (χ0v) is 16.9. The minimum Gasteiger partial charge on any atom is -0.477 e. The molecule has 2 aliphatic heterocycles. The summed E-state index contributed by atoms with van der Waals surface area (Å²) in [5, 5.41) is 11.5. The van der Waals surface area contributed by atoms with Gasteiger partial charge in [0.25, 0.3) is 5.91 Å². The molecule has 0 aliphatic carbocycles.